The third kappa shape index (κ3) is 3.74. The summed E-state index contributed by atoms with van der Waals surface area (Å²) in [6.45, 7) is 6.93. The number of benzene rings is 1. The largest absolute Gasteiger partial charge is 0.378 e. The third-order valence-electron chi connectivity index (χ3n) is 4.28. The predicted molar refractivity (Wildman–Crippen MR) is 94.3 cm³/mol. The molecular formula is C19H23N3O2. The Morgan fingerprint density at radius 1 is 1.21 bits per heavy atom. The third-order valence-corrected chi connectivity index (χ3v) is 4.28. The van der Waals surface area contributed by atoms with E-state index >= 15 is 0 Å². The SMILES string of the molecule is Cc1ccc(C(C)NC(=O)c2ccccc2N2CCOCC2)cn1. The number of ether oxygens (including phenoxy) is 1. The summed E-state index contributed by atoms with van der Waals surface area (Å²) < 4.78 is 5.40. The van der Waals surface area contributed by atoms with E-state index < -0.39 is 0 Å². The van der Waals surface area contributed by atoms with Gasteiger partial charge in [-0.15, -0.1) is 0 Å². The molecule has 1 aliphatic rings. The average Bonchev–Trinajstić information content (AvgIpc) is 2.63. The van der Waals surface area contributed by atoms with Gasteiger partial charge in [0.2, 0.25) is 0 Å². The first-order chi connectivity index (χ1) is 11.6. The molecule has 2 heterocycles. The predicted octanol–water partition coefficient (Wildman–Crippen LogP) is 2.72. The van der Waals surface area contributed by atoms with E-state index in [2.05, 4.69) is 15.2 Å². The minimum Gasteiger partial charge on any atom is -0.378 e. The van der Waals surface area contributed by atoms with Crippen LogP contribution in [-0.4, -0.2) is 37.2 Å². The smallest absolute Gasteiger partial charge is 0.253 e. The molecule has 126 valence electrons. The summed E-state index contributed by atoms with van der Waals surface area (Å²) in [7, 11) is 0. The molecule has 1 atom stereocenters. The van der Waals surface area contributed by atoms with Crippen LogP contribution in [0.3, 0.4) is 0 Å². The van der Waals surface area contributed by atoms with E-state index in [0.717, 1.165) is 30.0 Å². The second-order valence-corrected chi connectivity index (χ2v) is 6.04. The lowest BCUT2D eigenvalue weighted by molar-refractivity contribution is 0.0938. The molecule has 0 bridgehead atoms. The number of morpholine rings is 1. The van der Waals surface area contributed by atoms with Crippen molar-refractivity contribution in [2.75, 3.05) is 31.2 Å². The van der Waals surface area contributed by atoms with Crippen molar-refractivity contribution in [2.45, 2.75) is 19.9 Å². The molecule has 3 rings (SSSR count). The van der Waals surface area contributed by atoms with Gasteiger partial charge in [0.15, 0.2) is 0 Å². The molecular weight excluding hydrogens is 302 g/mol. The zero-order valence-electron chi connectivity index (χ0n) is 14.2. The summed E-state index contributed by atoms with van der Waals surface area (Å²) in [5.74, 6) is -0.0647. The van der Waals surface area contributed by atoms with Crippen molar-refractivity contribution in [1.82, 2.24) is 10.3 Å². The van der Waals surface area contributed by atoms with Crippen molar-refractivity contribution in [3.63, 3.8) is 0 Å². The number of carbonyl (C=O) groups excluding carboxylic acids is 1. The molecule has 1 unspecified atom stereocenters. The van der Waals surface area contributed by atoms with Gasteiger partial charge in [0.25, 0.3) is 5.91 Å². The van der Waals surface area contributed by atoms with E-state index in [9.17, 15) is 4.79 Å². The molecule has 0 aliphatic carbocycles. The molecule has 0 saturated carbocycles. The highest BCUT2D eigenvalue weighted by molar-refractivity contribution is 6.00. The standard InChI is InChI=1S/C19H23N3O2/c1-14-7-8-16(13-20-14)15(2)21-19(23)17-5-3-4-6-18(17)22-9-11-24-12-10-22/h3-8,13,15H,9-12H2,1-2H3,(H,21,23). The molecule has 1 fully saturated rings. The van der Waals surface area contributed by atoms with Gasteiger partial charge in [-0.25, -0.2) is 0 Å². The first-order valence-electron chi connectivity index (χ1n) is 8.30. The number of nitrogens with one attached hydrogen (secondary N) is 1. The Kier molecular flexibility index (Phi) is 5.11. The van der Waals surface area contributed by atoms with Crippen LogP contribution in [0.25, 0.3) is 0 Å². The van der Waals surface area contributed by atoms with Gasteiger partial charge >= 0.3 is 0 Å². The summed E-state index contributed by atoms with van der Waals surface area (Å²) in [5.41, 5.74) is 3.63. The number of carbonyl (C=O) groups is 1. The van der Waals surface area contributed by atoms with Crippen molar-refractivity contribution in [1.29, 1.82) is 0 Å². The second kappa shape index (κ2) is 7.45. The fourth-order valence-electron chi connectivity index (χ4n) is 2.84. The molecule has 1 aromatic heterocycles. The lowest BCUT2D eigenvalue weighted by atomic mass is 10.1. The van der Waals surface area contributed by atoms with Crippen LogP contribution in [0.5, 0.6) is 0 Å². The van der Waals surface area contributed by atoms with Gasteiger partial charge in [0.1, 0.15) is 0 Å². The van der Waals surface area contributed by atoms with Crippen molar-refractivity contribution in [2.24, 2.45) is 0 Å². The highest BCUT2D eigenvalue weighted by Gasteiger charge is 2.19. The highest BCUT2D eigenvalue weighted by Crippen LogP contribution is 2.22. The van der Waals surface area contributed by atoms with Crippen LogP contribution in [0.4, 0.5) is 5.69 Å². The van der Waals surface area contributed by atoms with Crippen LogP contribution in [0.1, 0.15) is 34.6 Å². The number of pyridine rings is 1. The van der Waals surface area contributed by atoms with E-state index in [0.29, 0.717) is 18.8 Å². The van der Waals surface area contributed by atoms with Crippen molar-refractivity contribution >= 4 is 11.6 Å². The van der Waals surface area contributed by atoms with E-state index in [1.54, 1.807) is 0 Å². The van der Waals surface area contributed by atoms with Crippen LogP contribution < -0.4 is 10.2 Å². The van der Waals surface area contributed by atoms with E-state index in [1.165, 1.54) is 0 Å². The number of aromatic nitrogens is 1. The maximum Gasteiger partial charge on any atom is 0.253 e. The van der Waals surface area contributed by atoms with Crippen LogP contribution in [0, 0.1) is 6.92 Å². The lowest BCUT2D eigenvalue weighted by Gasteiger charge is -2.30. The fourth-order valence-corrected chi connectivity index (χ4v) is 2.84. The van der Waals surface area contributed by atoms with Crippen molar-refractivity contribution in [3.05, 3.63) is 59.4 Å². The summed E-state index contributed by atoms with van der Waals surface area (Å²) >= 11 is 0. The summed E-state index contributed by atoms with van der Waals surface area (Å²) in [5, 5.41) is 3.07. The number of hydrogen-bond donors (Lipinski definition) is 1. The zero-order chi connectivity index (χ0) is 16.9. The zero-order valence-corrected chi connectivity index (χ0v) is 14.2. The van der Waals surface area contributed by atoms with Crippen LogP contribution in [0.15, 0.2) is 42.6 Å². The minimum absolute atomic E-state index is 0.0647. The molecule has 1 aliphatic heterocycles. The molecule has 0 spiro atoms. The average molecular weight is 325 g/mol. The van der Waals surface area contributed by atoms with Crippen LogP contribution >= 0.6 is 0 Å². The van der Waals surface area contributed by atoms with Crippen molar-refractivity contribution in [3.8, 4) is 0 Å². The topological polar surface area (TPSA) is 54.5 Å². The number of rotatable bonds is 4. The Hall–Kier alpha value is -2.40. The number of anilines is 1. The van der Waals surface area contributed by atoms with Crippen molar-refractivity contribution < 1.29 is 9.53 Å². The van der Waals surface area contributed by atoms with Crippen LogP contribution in [-0.2, 0) is 4.74 Å². The first kappa shape index (κ1) is 16.5. The van der Waals surface area contributed by atoms with E-state index in [-0.39, 0.29) is 11.9 Å². The van der Waals surface area contributed by atoms with E-state index in [1.807, 2.05) is 56.4 Å². The second-order valence-electron chi connectivity index (χ2n) is 6.04. The molecule has 5 nitrogen and oxygen atoms in total. The van der Waals surface area contributed by atoms with E-state index in [4.69, 9.17) is 4.74 Å². The fraction of sp³-hybridized carbons (Fsp3) is 0.368. The normalized spacial score (nSPS) is 15.8. The Labute approximate surface area is 142 Å². The van der Waals surface area contributed by atoms with Gasteiger partial charge in [-0.3, -0.25) is 9.78 Å². The Morgan fingerprint density at radius 3 is 2.67 bits per heavy atom. The number of para-hydroxylation sites is 1. The van der Waals surface area contributed by atoms with Gasteiger partial charge in [0.05, 0.1) is 24.8 Å². The number of amides is 1. The van der Waals surface area contributed by atoms with Gasteiger partial charge < -0.3 is 15.0 Å². The quantitative estimate of drug-likeness (QED) is 0.939. The highest BCUT2D eigenvalue weighted by atomic mass is 16.5. The molecule has 1 amide bonds. The molecule has 2 aromatic rings. The molecule has 0 radical (unpaired) electrons. The summed E-state index contributed by atoms with van der Waals surface area (Å²) in [6, 6.07) is 11.6. The Bertz CT molecular complexity index is 694. The van der Waals surface area contributed by atoms with Gasteiger partial charge in [-0.05, 0) is 37.6 Å². The molecule has 5 heteroatoms. The maximum atomic E-state index is 12.8. The number of hydrogen-bond acceptors (Lipinski definition) is 4. The Balaban J connectivity index is 1.76. The minimum atomic E-state index is -0.0941. The van der Waals surface area contributed by atoms with Crippen LogP contribution in [0.2, 0.25) is 0 Å². The lowest BCUT2D eigenvalue weighted by Crippen LogP contribution is -2.38. The molecule has 1 N–H and O–H groups in total. The maximum absolute atomic E-state index is 12.8. The summed E-state index contributed by atoms with van der Waals surface area (Å²) in [4.78, 5) is 19.3. The Morgan fingerprint density at radius 2 is 1.96 bits per heavy atom. The number of aryl methyl sites for hydroxylation is 1. The summed E-state index contributed by atoms with van der Waals surface area (Å²) in [6.07, 6.45) is 1.81. The number of nitrogens with zero attached hydrogens (tertiary/aromatic N) is 2. The monoisotopic (exact) mass is 325 g/mol. The van der Waals surface area contributed by atoms with Gasteiger partial charge in [0, 0.05) is 30.7 Å². The van der Waals surface area contributed by atoms with Gasteiger partial charge in [-0.2, -0.15) is 0 Å². The molecule has 1 aromatic carbocycles. The van der Waals surface area contributed by atoms with Gasteiger partial charge in [-0.1, -0.05) is 18.2 Å². The first-order valence-corrected chi connectivity index (χ1v) is 8.30. The molecule has 24 heavy (non-hydrogen) atoms. The molecule has 1 saturated heterocycles.